The summed E-state index contributed by atoms with van der Waals surface area (Å²) in [6.07, 6.45) is 5.50. The van der Waals surface area contributed by atoms with Crippen LogP contribution in [-0.2, 0) is 0 Å². The summed E-state index contributed by atoms with van der Waals surface area (Å²) in [6, 6.07) is 17.4. The van der Waals surface area contributed by atoms with Crippen molar-refractivity contribution in [3.8, 4) is 11.4 Å². The highest BCUT2D eigenvalue weighted by Crippen LogP contribution is 2.19. The van der Waals surface area contributed by atoms with E-state index in [9.17, 15) is 0 Å². The molecule has 1 heterocycles. The van der Waals surface area contributed by atoms with E-state index in [2.05, 4.69) is 15.3 Å². The largest absolute Gasteiger partial charge is 0.250 e. The SMILES string of the molecule is S=c1[nH]nc(-c2ccc(Cl)cc2)n1N=C/C=C/c1ccccc1. The highest BCUT2D eigenvalue weighted by molar-refractivity contribution is 7.71. The zero-order valence-corrected chi connectivity index (χ0v) is 13.6. The Balaban J connectivity index is 1.84. The highest BCUT2D eigenvalue weighted by atomic mass is 35.5. The van der Waals surface area contributed by atoms with Crippen LogP contribution >= 0.6 is 23.8 Å². The summed E-state index contributed by atoms with van der Waals surface area (Å²) >= 11 is 11.1. The van der Waals surface area contributed by atoms with E-state index in [-0.39, 0.29) is 0 Å². The molecule has 0 fully saturated rings. The van der Waals surface area contributed by atoms with E-state index in [1.165, 1.54) is 0 Å². The predicted octanol–water partition coefficient (Wildman–Crippen LogP) is 4.81. The molecule has 2 aromatic carbocycles. The Kier molecular flexibility index (Phi) is 4.80. The van der Waals surface area contributed by atoms with Gasteiger partial charge in [0.1, 0.15) is 0 Å². The maximum atomic E-state index is 5.91. The molecule has 1 aromatic heterocycles. The number of nitrogens with zero attached hydrogens (tertiary/aromatic N) is 3. The summed E-state index contributed by atoms with van der Waals surface area (Å²) in [4.78, 5) is 0. The zero-order chi connectivity index (χ0) is 16.1. The van der Waals surface area contributed by atoms with Crippen LogP contribution in [0.25, 0.3) is 17.5 Å². The molecule has 6 heteroatoms. The lowest BCUT2D eigenvalue weighted by molar-refractivity contribution is 0.872. The lowest BCUT2D eigenvalue weighted by Gasteiger charge is -2.00. The van der Waals surface area contributed by atoms with Crippen molar-refractivity contribution in [3.63, 3.8) is 0 Å². The number of aromatic nitrogens is 3. The van der Waals surface area contributed by atoms with Crippen molar-refractivity contribution >= 4 is 36.1 Å². The van der Waals surface area contributed by atoms with Crippen LogP contribution in [0.2, 0.25) is 5.02 Å². The van der Waals surface area contributed by atoms with Gasteiger partial charge in [0.25, 0.3) is 0 Å². The molecule has 0 amide bonds. The average molecular weight is 341 g/mol. The topological polar surface area (TPSA) is 46.0 Å². The van der Waals surface area contributed by atoms with Gasteiger partial charge < -0.3 is 0 Å². The Morgan fingerprint density at radius 2 is 1.83 bits per heavy atom. The molecule has 114 valence electrons. The molecule has 0 saturated carbocycles. The summed E-state index contributed by atoms with van der Waals surface area (Å²) in [5.74, 6) is 0.635. The molecule has 1 N–H and O–H groups in total. The summed E-state index contributed by atoms with van der Waals surface area (Å²) in [5, 5.41) is 12.0. The maximum absolute atomic E-state index is 5.91. The van der Waals surface area contributed by atoms with Gasteiger partial charge in [0.15, 0.2) is 5.82 Å². The molecular weight excluding hydrogens is 328 g/mol. The number of aromatic amines is 1. The first kappa shape index (κ1) is 15.4. The fraction of sp³-hybridized carbons (Fsp3) is 0. The first-order valence-corrected chi connectivity index (χ1v) is 7.72. The smallest absolute Gasteiger partial charge is 0.216 e. The first-order valence-electron chi connectivity index (χ1n) is 6.93. The van der Waals surface area contributed by atoms with Crippen molar-refractivity contribution in [1.29, 1.82) is 0 Å². The van der Waals surface area contributed by atoms with Crippen molar-refractivity contribution in [2.75, 3.05) is 0 Å². The van der Waals surface area contributed by atoms with Gasteiger partial charge in [0, 0.05) is 16.8 Å². The van der Waals surface area contributed by atoms with E-state index < -0.39 is 0 Å². The van der Waals surface area contributed by atoms with Gasteiger partial charge in [-0.2, -0.15) is 14.9 Å². The fourth-order valence-electron chi connectivity index (χ4n) is 2.01. The lowest BCUT2D eigenvalue weighted by atomic mass is 10.2. The molecule has 23 heavy (non-hydrogen) atoms. The van der Waals surface area contributed by atoms with Crippen molar-refractivity contribution in [2.24, 2.45) is 5.10 Å². The van der Waals surface area contributed by atoms with Crippen LogP contribution in [0.1, 0.15) is 5.56 Å². The third-order valence-corrected chi connectivity index (χ3v) is 3.63. The number of hydrogen-bond acceptors (Lipinski definition) is 3. The van der Waals surface area contributed by atoms with Gasteiger partial charge in [0.05, 0.1) is 0 Å². The minimum Gasteiger partial charge on any atom is -0.250 e. The molecule has 0 spiro atoms. The Morgan fingerprint density at radius 3 is 2.57 bits per heavy atom. The molecule has 3 aromatic rings. The average Bonchev–Trinajstić information content (AvgIpc) is 2.94. The Labute approximate surface area is 143 Å². The van der Waals surface area contributed by atoms with Crippen LogP contribution in [0.4, 0.5) is 0 Å². The van der Waals surface area contributed by atoms with E-state index in [0.717, 1.165) is 11.1 Å². The maximum Gasteiger partial charge on any atom is 0.216 e. The van der Waals surface area contributed by atoms with Crippen LogP contribution in [0, 0.1) is 4.77 Å². The van der Waals surface area contributed by atoms with Gasteiger partial charge in [-0.1, -0.05) is 48.0 Å². The number of hydrogen-bond donors (Lipinski definition) is 1. The van der Waals surface area contributed by atoms with Crippen molar-refractivity contribution in [2.45, 2.75) is 0 Å². The van der Waals surface area contributed by atoms with Gasteiger partial charge in [0.2, 0.25) is 4.77 Å². The number of rotatable bonds is 4. The third-order valence-electron chi connectivity index (χ3n) is 3.11. The first-order chi connectivity index (χ1) is 11.2. The van der Waals surface area contributed by atoms with E-state index >= 15 is 0 Å². The summed E-state index contributed by atoms with van der Waals surface area (Å²) < 4.78 is 2.01. The van der Waals surface area contributed by atoms with E-state index in [4.69, 9.17) is 23.8 Å². The Bertz CT molecular complexity index is 892. The predicted molar refractivity (Wildman–Crippen MR) is 97.2 cm³/mol. The standard InChI is InChI=1S/C17H13ClN4S/c18-15-10-8-14(9-11-15)16-20-21-17(23)22(16)19-12-4-7-13-5-2-1-3-6-13/h1-12H,(H,21,23)/b7-4+,19-12?. The van der Waals surface area contributed by atoms with Gasteiger partial charge >= 0.3 is 0 Å². The van der Waals surface area contributed by atoms with Crippen LogP contribution in [0.15, 0.2) is 65.8 Å². The van der Waals surface area contributed by atoms with Gasteiger partial charge in [-0.25, -0.2) is 5.10 Å². The van der Waals surface area contributed by atoms with Gasteiger partial charge in [-0.15, -0.1) is 0 Å². The molecule has 0 bridgehead atoms. The van der Waals surface area contributed by atoms with E-state index in [1.54, 1.807) is 23.0 Å². The molecule has 0 radical (unpaired) electrons. The monoisotopic (exact) mass is 340 g/mol. The van der Waals surface area contributed by atoms with E-state index in [0.29, 0.717) is 15.6 Å². The summed E-state index contributed by atoms with van der Waals surface area (Å²) in [5.41, 5.74) is 1.98. The Morgan fingerprint density at radius 1 is 1.09 bits per heavy atom. The van der Waals surface area contributed by atoms with Crippen LogP contribution < -0.4 is 0 Å². The van der Waals surface area contributed by atoms with Crippen molar-refractivity contribution in [3.05, 3.63) is 76.0 Å². The van der Waals surface area contributed by atoms with Gasteiger partial charge in [-0.05, 0) is 48.1 Å². The third kappa shape index (κ3) is 3.83. The quantitative estimate of drug-likeness (QED) is 0.547. The molecule has 0 atom stereocenters. The minimum atomic E-state index is 0.430. The number of nitrogens with one attached hydrogen (secondary N) is 1. The number of allylic oxidation sites excluding steroid dienone is 1. The molecule has 0 aliphatic heterocycles. The second-order valence-electron chi connectivity index (χ2n) is 4.71. The highest BCUT2D eigenvalue weighted by Gasteiger charge is 2.07. The fourth-order valence-corrected chi connectivity index (χ4v) is 2.31. The van der Waals surface area contributed by atoms with E-state index in [1.807, 2.05) is 54.6 Å². The number of H-pyrrole nitrogens is 1. The molecule has 0 unspecified atom stereocenters. The number of halogens is 1. The Hall–Kier alpha value is -2.50. The molecule has 0 aliphatic carbocycles. The lowest BCUT2D eigenvalue weighted by Crippen LogP contribution is -1.93. The summed E-state index contributed by atoms with van der Waals surface area (Å²) in [6.45, 7) is 0. The normalized spacial score (nSPS) is 11.5. The van der Waals surface area contributed by atoms with Crippen molar-refractivity contribution < 1.29 is 0 Å². The molecule has 0 aliphatic rings. The molecular formula is C17H13ClN4S. The van der Waals surface area contributed by atoms with Crippen LogP contribution in [0.5, 0.6) is 0 Å². The van der Waals surface area contributed by atoms with Crippen molar-refractivity contribution in [1.82, 2.24) is 14.9 Å². The molecule has 0 saturated heterocycles. The van der Waals surface area contributed by atoms with Gasteiger partial charge in [-0.3, -0.25) is 0 Å². The number of benzene rings is 2. The second-order valence-corrected chi connectivity index (χ2v) is 5.53. The molecule has 4 nitrogen and oxygen atoms in total. The van der Waals surface area contributed by atoms with Crippen LogP contribution in [0.3, 0.4) is 0 Å². The second kappa shape index (κ2) is 7.17. The molecule has 3 rings (SSSR count). The summed E-state index contributed by atoms with van der Waals surface area (Å²) in [7, 11) is 0. The minimum absolute atomic E-state index is 0.430. The zero-order valence-electron chi connectivity index (χ0n) is 12.1. The van der Waals surface area contributed by atoms with Crippen LogP contribution in [-0.4, -0.2) is 21.1 Å².